The SMILES string of the molecule is FC(F)(F)c1cnc(Nc2ccccc2C2CCCCC2)nc1. The van der Waals surface area contributed by atoms with Crippen LogP contribution in [0.1, 0.15) is 49.1 Å². The maximum absolute atomic E-state index is 12.6. The zero-order chi connectivity index (χ0) is 16.3. The molecule has 0 bridgehead atoms. The normalized spacial score (nSPS) is 16.3. The number of aromatic nitrogens is 2. The van der Waals surface area contributed by atoms with Crippen LogP contribution in [-0.4, -0.2) is 9.97 Å². The Labute approximate surface area is 133 Å². The third-order valence-corrected chi connectivity index (χ3v) is 4.23. The van der Waals surface area contributed by atoms with E-state index in [4.69, 9.17) is 0 Å². The Kier molecular flexibility index (Phi) is 4.50. The van der Waals surface area contributed by atoms with Gasteiger partial charge in [0.25, 0.3) is 0 Å². The van der Waals surface area contributed by atoms with Gasteiger partial charge in [-0.25, -0.2) is 9.97 Å². The zero-order valence-corrected chi connectivity index (χ0v) is 12.6. The Morgan fingerprint density at radius 3 is 2.26 bits per heavy atom. The Morgan fingerprint density at radius 2 is 1.61 bits per heavy atom. The fourth-order valence-corrected chi connectivity index (χ4v) is 3.04. The van der Waals surface area contributed by atoms with E-state index in [1.54, 1.807) is 0 Å². The summed E-state index contributed by atoms with van der Waals surface area (Å²) in [5, 5.41) is 3.06. The summed E-state index contributed by atoms with van der Waals surface area (Å²) >= 11 is 0. The summed E-state index contributed by atoms with van der Waals surface area (Å²) in [5.74, 6) is 0.670. The Balaban J connectivity index is 1.80. The van der Waals surface area contributed by atoms with Crippen molar-refractivity contribution in [1.29, 1.82) is 0 Å². The van der Waals surface area contributed by atoms with E-state index < -0.39 is 11.7 Å². The van der Waals surface area contributed by atoms with Crippen LogP contribution in [0.3, 0.4) is 0 Å². The summed E-state index contributed by atoms with van der Waals surface area (Å²) < 4.78 is 37.7. The highest BCUT2D eigenvalue weighted by molar-refractivity contribution is 5.59. The van der Waals surface area contributed by atoms with Gasteiger partial charge in [-0.3, -0.25) is 0 Å². The van der Waals surface area contributed by atoms with Gasteiger partial charge >= 0.3 is 6.18 Å². The average molecular weight is 321 g/mol. The predicted octanol–water partition coefficient (Wildman–Crippen LogP) is 5.29. The molecular weight excluding hydrogens is 303 g/mol. The van der Waals surface area contributed by atoms with Crippen LogP contribution in [0.4, 0.5) is 24.8 Å². The lowest BCUT2D eigenvalue weighted by atomic mass is 9.83. The second-order valence-corrected chi connectivity index (χ2v) is 5.84. The Morgan fingerprint density at radius 1 is 0.957 bits per heavy atom. The van der Waals surface area contributed by atoms with E-state index in [1.165, 1.54) is 24.8 Å². The number of para-hydroxylation sites is 1. The molecule has 1 N–H and O–H groups in total. The summed E-state index contributed by atoms with van der Waals surface area (Å²) in [6, 6.07) is 7.88. The van der Waals surface area contributed by atoms with Crippen molar-refractivity contribution in [2.24, 2.45) is 0 Å². The second-order valence-electron chi connectivity index (χ2n) is 5.84. The molecule has 0 aliphatic heterocycles. The summed E-state index contributed by atoms with van der Waals surface area (Å²) in [6.07, 6.45) is 3.19. The molecule has 3 rings (SSSR count). The summed E-state index contributed by atoms with van der Waals surface area (Å²) in [4.78, 5) is 7.57. The first-order valence-corrected chi connectivity index (χ1v) is 7.79. The van der Waals surface area contributed by atoms with Crippen molar-refractivity contribution < 1.29 is 13.2 Å². The van der Waals surface area contributed by atoms with E-state index in [2.05, 4.69) is 21.4 Å². The van der Waals surface area contributed by atoms with E-state index in [1.807, 2.05) is 18.2 Å². The fraction of sp³-hybridized carbons (Fsp3) is 0.412. The number of rotatable bonds is 3. The lowest BCUT2D eigenvalue weighted by Gasteiger charge is -2.24. The first-order chi connectivity index (χ1) is 11.0. The highest BCUT2D eigenvalue weighted by Crippen LogP contribution is 2.37. The summed E-state index contributed by atoms with van der Waals surface area (Å²) in [5.41, 5.74) is 1.22. The van der Waals surface area contributed by atoms with Gasteiger partial charge < -0.3 is 5.32 Å². The number of nitrogens with zero attached hydrogens (tertiary/aromatic N) is 2. The maximum Gasteiger partial charge on any atom is 0.419 e. The molecule has 1 heterocycles. The molecule has 1 fully saturated rings. The van der Waals surface area contributed by atoms with Crippen LogP contribution < -0.4 is 5.32 Å². The van der Waals surface area contributed by atoms with Crippen LogP contribution in [-0.2, 0) is 6.18 Å². The predicted molar refractivity (Wildman–Crippen MR) is 82.6 cm³/mol. The van der Waals surface area contributed by atoms with E-state index >= 15 is 0 Å². The molecule has 122 valence electrons. The molecule has 6 heteroatoms. The van der Waals surface area contributed by atoms with E-state index in [0.29, 0.717) is 5.92 Å². The van der Waals surface area contributed by atoms with Crippen LogP contribution in [0.2, 0.25) is 0 Å². The van der Waals surface area contributed by atoms with Gasteiger partial charge in [0.1, 0.15) is 0 Å². The third-order valence-electron chi connectivity index (χ3n) is 4.23. The van der Waals surface area contributed by atoms with E-state index in [0.717, 1.165) is 30.9 Å². The highest BCUT2D eigenvalue weighted by atomic mass is 19.4. The van der Waals surface area contributed by atoms with Gasteiger partial charge in [-0.2, -0.15) is 13.2 Å². The molecule has 0 atom stereocenters. The van der Waals surface area contributed by atoms with Gasteiger partial charge in [-0.1, -0.05) is 37.5 Å². The molecule has 1 aliphatic rings. The van der Waals surface area contributed by atoms with Crippen LogP contribution in [0.15, 0.2) is 36.7 Å². The van der Waals surface area contributed by atoms with E-state index in [-0.39, 0.29) is 5.95 Å². The molecule has 0 unspecified atom stereocenters. The smallest absolute Gasteiger partial charge is 0.324 e. The topological polar surface area (TPSA) is 37.8 Å². The molecule has 0 amide bonds. The highest BCUT2D eigenvalue weighted by Gasteiger charge is 2.31. The Bertz CT molecular complexity index is 647. The number of hydrogen-bond acceptors (Lipinski definition) is 3. The lowest BCUT2D eigenvalue weighted by molar-refractivity contribution is -0.138. The van der Waals surface area contributed by atoms with Crippen molar-refractivity contribution in [2.75, 3.05) is 5.32 Å². The van der Waals surface area contributed by atoms with Crippen molar-refractivity contribution in [3.63, 3.8) is 0 Å². The number of halogens is 3. The van der Waals surface area contributed by atoms with Crippen LogP contribution in [0.25, 0.3) is 0 Å². The van der Waals surface area contributed by atoms with Crippen LogP contribution >= 0.6 is 0 Å². The first-order valence-electron chi connectivity index (χ1n) is 7.79. The molecule has 3 nitrogen and oxygen atoms in total. The zero-order valence-electron chi connectivity index (χ0n) is 12.6. The van der Waals surface area contributed by atoms with Crippen LogP contribution in [0, 0.1) is 0 Å². The molecule has 0 saturated heterocycles. The largest absolute Gasteiger partial charge is 0.419 e. The average Bonchev–Trinajstić information content (AvgIpc) is 2.56. The monoisotopic (exact) mass is 321 g/mol. The second kappa shape index (κ2) is 6.56. The van der Waals surface area contributed by atoms with E-state index in [9.17, 15) is 13.2 Å². The molecule has 23 heavy (non-hydrogen) atoms. The Hall–Kier alpha value is -2.11. The van der Waals surface area contributed by atoms with Gasteiger partial charge in [0, 0.05) is 18.1 Å². The molecule has 1 aliphatic carbocycles. The van der Waals surface area contributed by atoms with Crippen molar-refractivity contribution >= 4 is 11.6 Å². The van der Waals surface area contributed by atoms with Gasteiger partial charge in [-0.15, -0.1) is 0 Å². The van der Waals surface area contributed by atoms with Crippen molar-refractivity contribution in [3.8, 4) is 0 Å². The first kappa shape index (κ1) is 15.8. The fourth-order valence-electron chi connectivity index (χ4n) is 3.04. The van der Waals surface area contributed by atoms with Gasteiger partial charge in [-0.05, 0) is 30.4 Å². The molecule has 0 spiro atoms. The minimum absolute atomic E-state index is 0.182. The third kappa shape index (κ3) is 3.81. The maximum atomic E-state index is 12.6. The lowest BCUT2D eigenvalue weighted by Crippen LogP contribution is -2.09. The molecule has 2 aromatic rings. The quantitative estimate of drug-likeness (QED) is 0.835. The number of hydrogen-bond donors (Lipinski definition) is 1. The molecule has 1 aromatic carbocycles. The van der Waals surface area contributed by atoms with Crippen molar-refractivity contribution in [2.45, 2.75) is 44.2 Å². The molecule has 1 saturated carbocycles. The number of alkyl halides is 3. The molecular formula is C17H18F3N3. The van der Waals surface area contributed by atoms with Crippen molar-refractivity contribution in [3.05, 3.63) is 47.8 Å². The molecule has 0 radical (unpaired) electrons. The number of anilines is 2. The number of nitrogens with one attached hydrogen (secondary N) is 1. The minimum atomic E-state index is -4.42. The van der Waals surface area contributed by atoms with Crippen molar-refractivity contribution in [1.82, 2.24) is 9.97 Å². The minimum Gasteiger partial charge on any atom is -0.324 e. The van der Waals surface area contributed by atoms with Gasteiger partial charge in [0.2, 0.25) is 5.95 Å². The van der Waals surface area contributed by atoms with Gasteiger partial charge in [0.15, 0.2) is 0 Å². The van der Waals surface area contributed by atoms with Crippen LogP contribution in [0.5, 0.6) is 0 Å². The standard InChI is InChI=1S/C17H18F3N3/c18-17(19,20)13-10-21-16(22-11-13)23-15-9-5-4-8-14(15)12-6-2-1-3-7-12/h4-5,8-12H,1-3,6-7H2,(H,21,22,23). The van der Waals surface area contributed by atoms with Gasteiger partial charge in [0.05, 0.1) is 5.56 Å². The molecule has 1 aromatic heterocycles. The summed E-state index contributed by atoms with van der Waals surface area (Å²) in [7, 11) is 0. The summed E-state index contributed by atoms with van der Waals surface area (Å²) in [6.45, 7) is 0. The number of benzene rings is 1.